The molecule has 3 rings (SSSR count). The van der Waals surface area contributed by atoms with Gasteiger partial charge in [0.05, 0.1) is 0 Å². The monoisotopic (exact) mass is 364 g/mol. The molecule has 0 N–H and O–H groups in total. The van der Waals surface area contributed by atoms with Gasteiger partial charge in [-0.3, -0.25) is 9.97 Å². The van der Waals surface area contributed by atoms with E-state index in [1.165, 1.54) is 0 Å². The van der Waals surface area contributed by atoms with Gasteiger partial charge in [0.2, 0.25) is 0 Å². The second-order valence-electron chi connectivity index (χ2n) is 6.71. The maximum atomic E-state index is 13.9. The second-order valence-corrected chi connectivity index (χ2v) is 9.90. The molecule has 134 valence electrons. The number of hydrogen-bond donors (Lipinski definition) is 0. The van der Waals surface area contributed by atoms with Crippen molar-refractivity contribution in [3.05, 3.63) is 89.5 Å². The van der Waals surface area contributed by atoms with Crippen LogP contribution in [0.2, 0.25) is 0 Å². The molecule has 0 fully saturated rings. The highest BCUT2D eigenvalue weighted by Gasteiger charge is 2.24. The van der Waals surface area contributed by atoms with E-state index in [4.69, 9.17) is 0 Å². The normalized spacial score (nSPS) is 11.5. The third-order valence-electron chi connectivity index (χ3n) is 4.58. The van der Waals surface area contributed by atoms with E-state index in [0.29, 0.717) is 12.3 Å². The van der Waals surface area contributed by atoms with Gasteiger partial charge in [-0.2, -0.15) is 0 Å². The third kappa shape index (κ3) is 4.89. The van der Waals surface area contributed by atoms with Gasteiger partial charge in [-0.25, -0.2) is 0 Å². The maximum absolute atomic E-state index is 13.9. The summed E-state index contributed by atoms with van der Waals surface area (Å²) in [6.07, 6.45) is 2.74. The quantitative estimate of drug-likeness (QED) is 0.577. The highest BCUT2D eigenvalue weighted by Crippen LogP contribution is 2.45. The molecule has 0 spiro atoms. The lowest BCUT2D eigenvalue weighted by Crippen LogP contribution is -2.14. The van der Waals surface area contributed by atoms with Gasteiger partial charge in [-0.15, -0.1) is 0 Å². The van der Waals surface area contributed by atoms with Crippen LogP contribution in [0.25, 0.3) is 0 Å². The number of aromatic nitrogens is 2. The van der Waals surface area contributed by atoms with Gasteiger partial charge >= 0.3 is 0 Å². The summed E-state index contributed by atoms with van der Waals surface area (Å²) in [5.41, 5.74) is 4.02. The van der Waals surface area contributed by atoms with Crippen molar-refractivity contribution in [1.29, 1.82) is 0 Å². The Kier molecular flexibility index (Phi) is 6.00. The average Bonchev–Trinajstić information content (AvgIpc) is 2.66. The molecule has 0 aliphatic rings. The number of rotatable bonds is 7. The zero-order chi connectivity index (χ0) is 18.4. The van der Waals surface area contributed by atoms with Crippen molar-refractivity contribution in [2.75, 3.05) is 12.3 Å². The second kappa shape index (κ2) is 8.42. The Balaban J connectivity index is 1.79. The van der Waals surface area contributed by atoms with Gasteiger partial charge in [-0.1, -0.05) is 42.5 Å². The molecule has 2 aromatic heterocycles. The first-order chi connectivity index (χ1) is 12.5. The summed E-state index contributed by atoms with van der Waals surface area (Å²) in [4.78, 5) is 9.13. The summed E-state index contributed by atoms with van der Waals surface area (Å²) >= 11 is 0. The van der Waals surface area contributed by atoms with Crippen molar-refractivity contribution in [2.24, 2.45) is 0 Å². The van der Waals surface area contributed by atoms with Crippen LogP contribution in [0, 0.1) is 13.8 Å². The lowest BCUT2D eigenvalue weighted by atomic mass is 10.2. The Bertz CT molecular complexity index is 855. The van der Waals surface area contributed by atoms with E-state index in [9.17, 15) is 4.57 Å². The van der Waals surface area contributed by atoms with Crippen LogP contribution in [0.1, 0.15) is 22.8 Å². The van der Waals surface area contributed by atoms with Crippen molar-refractivity contribution in [1.82, 2.24) is 9.97 Å². The van der Waals surface area contributed by atoms with Crippen LogP contribution >= 0.6 is 7.14 Å². The molecule has 1 aromatic carbocycles. The maximum Gasteiger partial charge on any atom is 0.116 e. The van der Waals surface area contributed by atoms with E-state index in [-0.39, 0.29) is 0 Å². The molecule has 2 heterocycles. The van der Waals surface area contributed by atoms with E-state index < -0.39 is 7.14 Å². The highest BCUT2D eigenvalue weighted by molar-refractivity contribution is 7.71. The minimum Gasteiger partial charge on any atom is -0.319 e. The van der Waals surface area contributed by atoms with Gasteiger partial charge in [0, 0.05) is 40.4 Å². The van der Waals surface area contributed by atoms with Crippen molar-refractivity contribution in [3.8, 4) is 0 Å². The molecule has 0 saturated carbocycles. The van der Waals surface area contributed by atoms with E-state index in [0.717, 1.165) is 40.9 Å². The Morgan fingerprint density at radius 3 is 1.65 bits per heavy atom. The van der Waals surface area contributed by atoms with E-state index >= 15 is 0 Å². The number of pyridine rings is 2. The molecule has 0 saturated heterocycles. The van der Waals surface area contributed by atoms with E-state index in [1.54, 1.807) is 0 Å². The zero-order valence-corrected chi connectivity index (χ0v) is 16.3. The van der Waals surface area contributed by atoms with Crippen LogP contribution in [0.3, 0.4) is 0 Å². The van der Waals surface area contributed by atoms with Crippen molar-refractivity contribution in [3.63, 3.8) is 0 Å². The van der Waals surface area contributed by atoms with Gasteiger partial charge < -0.3 is 4.57 Å². The molecule has 0 aliphatic carbocycles. The minimum atomic E-state index is -2.51. The smallest absolute Gasteiger partial charge is 0.116 e. The molecular weight excluding hydrogens is 339 g/mol. The SMILES string of the molecule is Cc1cccc(CCP(=O)(CCc2cccc(C)n2)c2ccccc2)n1. The number of hydrogen-bond acceptors (Lipinski definition) is 3. The predicted molar refractivity (Wildman–Crippen MR) is 109 cm³/mol. The Morgan fingerprint density at radius 2 is 1.19 bits per heavy atom. The molecule has 0 bridgehead atoms. The van der Waals surface area contributed by atoms with Crippen LogP contribution in [0.4, 0.5) is 0 Å². The zero-order valence-electron chi connectivity index (χ0n) is 15.4. The van der Waals surface area contributed by atoms with Crippen LogP contribution in [0.5, 0.6) is 0 Å². The number of benzene rings is 1. The first-order valence-electron chi connectivity index (χ1n) is 9.04. The fourth-order valence-electron chi connectivity index (χ4n) is 3.14. The topological polar surface area (TPSA) is 42.9 Å². The van der Waals surface area contributed by atoms with Crippen LogP contribution < -0.4 is 5.30 Å². The molecule has 0 atom stereocenters. The van der Waals surface area contributed by atoms with Gasteiger partial charge in [0.25, 0.3) is 0 Å². The Morgan fingerprint density at radius 1 is 0.692 bits per heavy atom. The van der Waals surface area contributed by atoms with Gasteiger partial charge in [-0.05, 0) is 51.0 Å². The summed E-state index contributed by atoms with van der Waals surface area (Å²) < 4.78 is 13.9. The summed E-state index contributed by atoms with van der Waals surface area (Å²) in [6, 6.07) is 21.9. The molecule has 0 aliphatic heterocycles. The Hall–Kier alpha value is -2.25. The van der Waals surface area contributed by atoms with Crippen molar-refractivity contribution >= 4 is 12.4 Å². The lowest BCUT2D eigenvalue weighted by molar-refractivity contribution is 0.579. The summed E-state index contributed by atoms with van der Waals surface area (Å²) in [6.45, 7) is 3.98. The van der Waals surface area contributed by atoms with Gasteiger partial charge in [0.15, 0.2) is 0 Å². The average molecular weight is 364 g/mol. The fraction of sp³-hybridized carbons (Fsp3) is 0.273. The molecule has 4 heteroatoms. The minimum absolute atomic E-state index is 0.638. The molecule has 3 aromatic rings. The molecule has 0 amide bonds. The van der Waals surface area contributed by atoms with Crippen LogP contribution in [0.15, 0.2) is 66.7 Å². The predicted octanol–water partition coefficient (Wildman–Crippen LogP) is 4.57. The Labute approximate surface area is 155 Å². The van der Waals surface area contributed by atoms with Crippen LogP contribution in [-0.4, -0.2) is 22.3 Å². The molecule has 0 unspecified atom stereocenters. The third-order valence-corrected chi connectivity index (χ3v) is 7.71. The fourth-order valence-corrected chi connectivity index (χ4v) is 5.77. The summed E-state index contributed by atoms with van der Waals surface area (Å²) in [5.74, 6) is 0. The highest BCUT2D eigenvalue weighted by atomic mass is 31.2. The number of nitrogens with zero attached hydrogens (tertiary/aromatic N) is 2. The first-order valence-corrected chi connectivity index (χ1v) is 11.1. The lowest BCUT2D eigenvalue weighted by Gasteiger charge is -2.19. The molecular formula is C22H25N2OP. The summed E-state index contributed by atoms with van der Waals surface area (Å²) in [5, 5.41) is 0.959. The van der Waals surface area contributed by atoms with Gasteiger partial charge in [0.1, 0.15) is 7.14 Å². The van der Waals surface area contributed by atoms with Crippen molar-refractivity contribution in [2.45, 2.75) is 26.7 Å². The van der Waals surface area contributed by atoms with E-state index in [2.05, 4.69) is 9.97 Å². The van der Waals surface area contributed by atoms with Crippen molar-refractivity contribution < 1.29 is 4.57 Å². The molecule has 0 radical (unpaired) electrons. The largest absolute Gasteiger partial charge is 0.319 e. The summed E-state index contributed by atoms with van der Waals surface area (Å²) in [7, 11) is -2.51. The van der Waals surface area contributed by atoms with E-state index in [1.807, 2.05) is 80.6 Å². The first kappa shape index (κ1) is 18.5. The molecule has 26 heavy (non-hydrogen) atoms. The number of aryl methyl sites for hydroxylation is 4. The van der Waals surface area contributed by atoms with Crippen LogP contribution in [-0.2, 0) is 17.4 Å². The molecule has 3 nitrogen and oxygen atoms in total. The standard InChI is InChI=1S/C22H25N2OP/c1-18-8-6-10-20(23-18)14-16-26(25,22-12-4-3-5-13-22)17-15-21-11-7-9-19(2)24-21/h3-13H,14-17H2,1-2H3.